The monoisotopic (exact) mass is 379 g/mol. The molecule has 3 rings (SSSR count). The number of allylic oxidation sites excluding steroid dienone is 1. The third-order valence-electron chi connectivity index (χ3n) is 4.78. The quantitative estimate of drug-likeness (QED) is 0.568. The van der Waals surface area contributed by atoms with Crippen LogP contribution < -0.4 is 0 Å². The van der Waals surface area contributed by atoms with Crippen molar-refractivity contribution < 1.29 is 14.3 Å². The molecule has 0 aromatic heterocycles. The largest absolute Gasteiger partial charge is 0.465 e. The molecule has 2 aliphatic rings. The molecule has 1 aliphatic heterocycles. The lowest BCUT2D eigenvalue weighted by molar-refractivity contribution is -0.136. The molecule has 0 atom stereocenters. The van der Waals surface area contributed by atoms with Gasteiger partial charge >= 0.3 is 5.97 Å². The minimum atomic E-state index is -0.511. The van der Waals surface area contributed by atoms with Crippen LogP contribution in [0.5, 0.6) is 0 Å². The maximum atomic E-state index is 13.1. The number of methoxy groups -OCH3 is 1. The van der Waals surface area contributed by atoms with Crippen molar-refractivity contribution in [1.82, 2.24) is 4.90 Å². The molecular formula is C19H19Cl2NO3. The van der Waals surface area contributed by atoms with Crippen molar-refractivity contribution in [3.8, 4) is 0 Å². The molecule has 0 N–H and O–H groups in total. The first-order valence-corrected chi connectivity index (χ1v) is 8.99. The number of ether oxygens (including phenoxy) is 1. The van der Waals surface area contributed by atoms with Crippen molar-refractivity contribution in [2.75, 3.05) is 7.11 Å². The summed E-state index contributed by atoms with van der Waals surface area (Å²) in [5.41, 5.74) is 1.92. The second-order valence-electron chi connectivity index (χ2n) is 6.29. The number of esters is 1. The van der Waals surface area contributed by atoms with E-state index in [1.807, 2.05) is 0 Å². The number of nitrogens with zero attached hydrogens (tertiary/aromatic N) is 1. The topological polar surface area (TPSA) is 46.6 Å². The Balaban J connectivity index is 2.08. The van der Waals surface area contributed by atoms with E-state index >= 15 is 0 Å². The second kappa shape index (κ2) is 7.22. The fourth-order valence-electron chi connectivity index (χ4n) is 3.57. The van der Waals surface area contributed by atoms with Crippen molar-refractivity contribution in [2.45, 2.75) is 38.6 Å². The van der Waals surface area contributed by atoms with Gasteiger partial charge in [-0.3, -0.25) is 4.79 Å². The standard InChI is InChI=1S/C19H19Cl2NO3/c1-11-17(19(24)25-2)15(9-12-7-8-13(20)10-16(12)21)18(23)22(11)14-5-3-4-6-14/h7-10,14H,3-6H2,1-2H3/b15-9-. The van der Waals surface area contributed by atoms with E-state index in [-0.39, 0.29) is 11.9 Å². The molecule has 0 saturated heterocycles. The van der Waals surface area contributed by atoms with Crippen LogP contribution in [0.4, 0.5) is 0 Å². The first-order chi connectivity index (χ1) is 11.9. The van der Waals surface area contributed by atoms with Gasteiger partial charge in [0.15, 0.2) is 0 Å². The van der Waals surface area contributed by atoms with Crippen LogP contribution in [0, 0.1) is 0 Å². The van der Waals surface area contributed by atoms with Gasteiger partial charge in [0.1, 0.15) is 0 Å². The second-order valence-corrected chi connectivity index (χ2v) is 7.13. The normalized spacial score (nSPS) is 20.1. The molecule has 1 aliphatic carbocycles. The van der Waals surface area contributed by atoms with E-state index < -0.39 is 5.97 Å². The zero-order chi connectivity index (χ0) is 18.1. The van der Waals surface area contributed by atoms with E-state index in [1.54, 1.807) is 36.1 Å². The van der Waals surface area contributed by atoms with Crippen LogP contribution in [0.15, 0.2) is 35.0 Å². The Morgan fingerprint density at radius 1 is 1.28 bits per heavy atom. The van der Waals surface area contributed by atoms with Gasteiger partial charge in [-0.05, 0) is 43.5 Å². The van der Waals surface area contributed by atoms with Crippen LogP contribution in [0.1, 0.15) is 38.2 Å². The van der Waals surface area contributed by atoms with Gasteiger partial charge in [0.2, 0.25) is 0 Å². The van der Waals surface area contributed by atoms with E-state index in [0.29, 0.717) is 32.5 Å². The minimum absolute atomic E-state index is 0.138. The van der Waals surface area contributed by atoms with Gasteiger partial charge in [-0.2, -0.15) is 0 Å². The molecule has 1 aromatic rings. The van der Waals surface area contributed by atoms with Crippen LogP contribution >= 0.6 is 23.2 Å². The van der Waals surface area contributed by atoms with Gasteiger partial charge in [-0.15, -0.1) is 0 Å². The number of carbonyl (C=O) groups is 2. The van der Waals surface area contributed by atoms with Crippen LogP contribution in [-0.2, 0) is 14.3 Å². The van der Waals surface area contributed by atoms with Gasteiger partial charge in [0.05, 0.1) is 18.3 Å². The third kappa shape index (κ3) is 3.33. The molecule has 0 bridgehead atoms. The van der Waals surface area contributed by atoms with Gasteiger partial charge < -0.3 is 9.64 Å². The van der Waals surface area contributed by atoms with Gasteiger partial charge in [-0.1, -0.05) is 42.1 Å². The summed E-state index contributed by atoms with van der Waals surface area (Å²) in [5.74, 6) is -0.682. The van der Waals surface area contributed by atoms with E-state index in [1.165, 1.54) is 7.11 Å². The summed E-state index contributed by atoms with van der Waals surface area (Å²) < 4.78 is 4.91. The predicted octanol–water partition coefficient (Wildman–Crippen LogP) is 4.61. The van der Waals surface area contributed by atoms with Crippen molar-refractivity contribution >= 4 is 41.2 Å². The van der Waals surface area contributed by atoms with Crippen molar-refractivity contribution in [1.29, 1.82) is 0 Å². The molecule has 0 spiro atoms. The molecule has 1 fully saturated rings. The van der Waals surface area contributed by atoms with E-state index in [9.17, 15) is 9.59 Å². The third-order valence-corrected chi connectivity index (χ3v) is 5.35. The van der Waals surface area contributed by atoms with Crippen molar-refractivity contribution in [3.63, 3.8) is 0 Å². The van der Waals surface area contributed by atoms with Crippen LogP contribution in [0.2, 0.25) is 10.0 Å². The average Bonchev–Trinajstić information content (AvgIpc) is 3.17. The van der Waals surface area contributed by atoms with Crippen LogP contribution in [0.25, 0.3) is 6.08 Å². The molecule has 1 aromatic carbocycles. The Bertz CT molecular complexity index is 792. The molecule has 4 nitrogen and oxygen atoms in total. The highest BCUT2D eigenvalue weighted by molar-refractivity contribution is 6.35. The first-order valence-electron chi connectivity index (χ1n) is 8.24. The maximum absolute atomic E-state index is 13.1. The van der Waals surface area contributed by atoms with E-state index in [4.69, 9.17) is 27.9 Å². The van der Waals surface area contributed by atoms with Gasteiger partial charge in [0.25, 0.3) is 5.91 Å². The Morgan fingerprint density at radius 2 is 1.96 bits per heavy atom. The molecule has 6 heteroatoms. The number of halogens is 2. The molecular weight excluding hydrogens is 361 g/mol. The summed E-state index contributed by atoms with van der Waals surface area (Å²) in [6.07, 6.45) is 5.74. The number of carbonyl (C=O) groups excluding carboxylic acids is 2. The van der Waals surface area contributed by atoms with Gasteiger partial charge in [0, 0.05) is 21.8 Å². The molecule has 1 amide bonds. The first kappa shape index (κ1) is 18.0. The maximum Gasteiger partial charge on any atom is 0.340 e. The Kier molecular flexibility index (Phi) is 5.21. The molecule has 0 radical (unpaired) electrons. The van der Waals surface area contributed by atoms with E-state index in [0.717, 1.165) is 25.7 Å². The molecule has 25 heavy (non-hydrogen) atoms. The van der Waals surface area contributed by atoms with Crippen molar-refractivity contribution in [2.24, 2.45) is 0 Å². The van der Waals surface area contributed by atoms with Crippen molar-refractivity contribution in [3.05, 3.63) is 50.7 Å². The predicted molar refractivity (Wildman–Crippen MR) is 98.3 cm³/mol. The fraction of sp³-hybridized carbons (Fsp3) is 0.368. The number of hydrogen-bond donors (Lipinski definition) is 0. The zero-order valence-electron chi connectivity index (χ0n) is 14.1. The summed E-state index contributed by atoms with van der Waals surface area (Å²) in [6.45, 7) is 1.80. The SMILES string of the molecule is COC(=O)C1=C(C)N(C2CCCC2)C(=O)/C1=C\c1ccc(Cl)cc1Cl. The fourth-order valence-corrected chi connectivity index (χ4v) is 4.04. The molecule has 0 unspecified atom stereocenters. The summed E-state index contributed by atoms with van der Waals surface area (Å²) in [5, 5.41) is 0.936. The molecule has 1 heterocycles. The highest BCUT2D eigenvalue weighted by atomic mass is 35.5. The zero-order valence-corrected chi connectivity index (χ0v) is 15.7. The number of amides is 1. The Labute approximate surface area is 157 Å². The Hall–Kier alpha value is -1.78. The van der Waals surface area contributed by atoms with Crippen LogP contribution in [0.3, 0.4) is 0 Å². The summed E-state index contributed by atoms with van der Waals surface area (Å²) in [7, 11) is 1.32. The lowest BCUT2D eigenvalue weighted by Crippen LogP contribution is -2.34. The van der Waals surface area contributed by atoms with Crippen LogP contribution in [-0.4, -0.2) is 29.9 Å². The number of benzene rings is 1. The molecule has 132 valence electrons. The highest BCUT2D eigenvalue weighted by Gasteiger charge is 2.41. The summed E-state index contributed by atoms with van der Waals surface area (Å²) in [4.78, 5) is 27.1. The van der Waals surface area contributed by atoms with Gasteiger partial charge in [-0.25, -0.2) is 4.79 Å². The summed E-state index contributed by atoms with van der Waals surface area (Å²) >= 11 is 12.2. The smallest absolute Gasteiger partial charge is 0.340 e. The Morgan fingerprint density at radius 3 is 2.56 bits per heavy atom. The average molecular weight is 380 g/mol. The molecule has 1 saturated carbocycles. The highest BCUT2D eigenvalue weighted by Crippen LogP contribution is 2.38. The van der Waals surface area contributed by atoms with E-state index in [2.05, 4.69) is 0 Å². The minimum Gasteiger partial charge on any atom is -0.465 e. The number of rotatable bonds is 3. The number of hydrogen-bond acceptors (Lipinski definition) is 3. The lowest BCUT2D eigenvalue weighted by Gasteiger charge is -2.25. The lowest BCUT2D eigenvalue weighted by atomic mass is 10.0. The summed E-state index contributed by atoms with van der Waals surface area (Å²) in [6, 6.07) is 5.17.